The van der Waals surface area contributed by atoms with E-state index in [4.69, 9.17) is 4.52 Å². The summed E-state index contributed by atoms with van der Waals surface area (Å²) in [4.78, 5) is 23.2. The fourth-order valence-corrected chi connectivity index (χ4v) is 1.82. The number of carbonyl (C=O) groups is 2. The molecule has 2 N–H and O–H groups in total. The second-order valence-corrected chi connectivity index (χ2v) is 4.62. The van der Waals surface area contributed by atoms with Gasteiger partial charge >= 0.3 is 11.8 Å². The van der Waals surface area contributed by atoms with Crippen LogP contribution in [0.25, 0.3) is 0 Å². The zero-order valence-corrected chi connectivity index (χ0v) is 11.8. The Kier molecular flexibility index (Phi) is 5.09. The average Bonchev–Trinajstić information content (AvgIpc) is 2.89. The van der Waals surface area contributed by atoms with Crippen LogP contribution in [0.2, 0.25) is 0 Å². The maximum atomic E-state index is 11.6. The van der Waals surface area contributed by atoms with Crippen molar-refractivity contribution in [3.05, 3.63) is 47.7 Å². The van der Waals surface area contributed by atoms with Gasteiger partial charge in [0, 0.05) is 12.6 Å². The van der Waals surface area contributed by atoms with Crippen molar-refractivity contribution in [1.82, 2.24) is 10.5 Å². The van der Waals surface area contributed by atoms with E-state index in [-0.39, 0.29) is 5.82 Å². The molecule has 110 valence electrons. The van der Waals surface area contributed by atoms with E-state index < -0.39 is 11.8 Å². The largest absolute Gasteiger partial charge is 0.360 e. The Balaban J connectivity index is 1.68. The first-order valence-electron chi connectivity index (χ1n) is 6.71. The molecule has 6 heteroatoms. The van der Waals surface area contributed by atoms with Gasteiger partial charge in [-0.3, -0.25) is 14.9 Å². The third-order valence-electron chi connectivity index (χ3n) is 2.85. The van der Waals surface area contributed by atoms with Gasteiger partial charge in [-0.05, 0) is 25.3 Å². The summed E-state index contributed by atoms with van der Waals surface area (Å²) in [6.45, 7) is 2.14. The molecular weight excluding hydrogens is 270 g/mol. The highest BCUT2D eigenvalue weighted by molar-refractivity contribution is 6.39. The van der Waals surface area contributed by atoms with Gasteiger partial charge in [-0.2, -0.15) is 0 Å². The summed E-state index contributed by atoms with van der Waals surface area (Å²) in [6.07, 6.45) is 1.62. The van der Waals surface area contributed by atoms with Gasteiger partial charge in [0.25, 0.3) is 0 Å². The van der Waals surface area contributed by atoms with Crippen LogP contribution in [0.5, 0.6) is 0 Å². The number of hydrogen-bond donors (Lipinski definition) is 2. The van der Waals surface area contributed by atoms with Crippen LogP contribution in [0.1, 0.15) is 17.7 Å². The number of hydrogen-bond acceptors (Lipinski definition) is 4. The first kappa shape index (κ1) is 14.8. The van der Waals surface area contributed by atoms with Gasteiger partial charge in [0.05, 0.1) is 0 Å². The SMILES string of the molecule is Cc1cc(NC(=O)C(=O)NCCCc2ccccc2)no1. The van der Waals surface area contributed by atoms with Gasteiger partial charge in [0.1, 0.15) is 5.76 Å². The van der Waals surface area contributed by atoms with Crippen LogP contribution in [0.3, 0.4) is 0 Å². The monoisotopic (exact) mass is 287 g/mol. The lowest BCUT2D eigenvalue weighted by Gasteiger charge is -2.04. The third-order valence-corrected chi connectivity index (χ3v) is 2.85. The lowest BCUT2D eigenvalue weighted by Crippen LogP contribution is -2.36. The minimum atomic E-state index is -0.747. The van der Waals surface area contributed by atoms with Crippen LogP contribution in [0.15, 0.2) is 40.9 Å². The fraction of sp³-hybridized carbons (Fsp3) is 0.267. The molecule has 1 aromatic heterocycles. The van der Waals surface area contributed by atoms with Crippen molar-refractivity contribution in [3.8, 4) is 0 Å². The third kappa shape index (κ3) is 4.76. The molecule has 2 amide bonds. The molecule has 0 saturated carbocycles. The number of aryl methyl sites for hydroxylation is 2. The van der Waals surface area contributed by atoms with E-state index in [0.29, 0.717) is 12.3 Å². The molecule has 6 nitrogen and oxygen atoms in total. The Morgan fingerprint density at radius 3 is 2.62 bits per heavy atom. The van der Waals surface area contributed by atoms with Crippen LogP contribution in [0, 0.1) is 6.92 Å². The first-order valence-corrected chi connectivity index (χ1v) is 6.71. The molecule has 1 heterocycles. The molecule has 2 aromatic rings. The second-order valence-electron chi connectivity index (χ2n) is 4.62. The van der Waals surface area contributed by atoms with Crippen LogP contribution in [-0.2, 0) is 16.0 Å². The number of benzene rings is 1. The molecule has 2 rings (SSSR count). The Morgan fingerprint density at radius 1 is 1.19 bits per heavy atom. The molecule has 0 aliphatic rings. The quantitative estimate of drug-likeness (QED) is 0.647. The molecule has 0 aliphatic heterocycles. The van der Waals surface area contributed by atoms with E-state index in [1.54, 1.807) is 13.0 Å². The second kappa shape index (κ2) is 7.23. The van der Waals surface area contributed by atoms with Gasteiger partial charge in [-0.15, -0.1) is 0 Å². The van der Waals surface area contributed by atoms with Crippen molar-refractivity contribution in [2.75, 3.05) is 11.9 Å². The summed E-state index contributed by atoms with van der Waals surface area (Å²) < 4.78 is 4.80. The number of nitrogens with one attached hydrogen (secondary N) is 2. The highest BCUT2D eigenvalue weighted by Crippen LogP contribution is 2.06. The molecule has 0 unspecified atom stereocenters. The van der Waals surface area contributed by atoms with E-state index >= 15 is 0 Å². The molecule has 0 spiro atoms. The average molecular weight is 287 g/mol. The summed E-state index contributed by atoms with van der Waals surface area (Å²) in [6, 6.07) is 11.5. The first-order chi connectivity index (χ1) is 10.1. The van der Waals surface area contributed by atoms with Gasteiger partial charge in [-0.25, -0.2) is 0 Å². The van der Waals surface area contributed by atoms with Crippen LogP contribution < -0.4 is 10.6 Å². The Labute approximate surface area is 122 Å². The molecule has 21 heavy (non-hydrogen) atoms. The van der Waals surface area contributed by atoms with Crippen molar-refractivity contribution in [2.45, 2.75) is 19.8 Å². The Hall–Kier alpha value is -2.63. The maximum absolute atomic E-state index is 11.6. The van der Waals surface area contributed by atoms with Gasteiger partial charge in [-0.1, -0.05) is 35.5 Å². The van der Waals surface area contributed by atoms with Crippen molar-refractivity contribution in [3.63, 3.8) is 0 Å². The normalized spacial score (nSPS) is 10.1. The van der Waals surface area contributed by atoms with Crippen molar-refractivity contribution >= 4 is 17.6 Å². The molecule has 0 fully saturated rings. The number of carbonyl (C=O) groups excluding carboxylic acids is 2. The van der Waals surface area contributed by atoms with E-state index in [9.17, 15) is 9.59 Å². The summed E-state index contributed by atoms with van der Waals surface area (Å²) in [5.41, 5.74) is 1.20. The smallest absolute Gasteiger partial charge is 0.314 e. The van der Waals surface area contributed by atoms with Crippen LogP contribution in [0.4, 0.5) is 5.82 Å². The van der Waals surface area contributed by atoms with Gasteiger partial charge in [0.2, 0.25) is 0 Å². The van der Waals surface area contributed by atoms with Gasteiger partial charge < -0.3 is 9.84 Å². The Bertz CT molecular complexity index is 608. The predicted octanol–water partition coefficient (Wildman–Crippen LogP) is 1.67. The van der Waals surface area contributed by atoms with Crippen LogP contribution >= 0.6 is 0 Å². The number of anilines is 1. The number of aromatic nitrogens is 1. The highest BCUT2D eigenvalue weighted by Gasteiger charge is 2.14. The minimum Gasteiger partial charge on any atom is -0.360 e. The lowest BCUT2D eigenvalue weighted by molar-refractivity contribution is -0.136. The number of rotatable bonds is 5. The fourth-order valence-electron chi connectivity index (χ4n) is 1.82. The highest BCUT2D eigenvalue weighted by atomic mass is 16.5. The Morgan fingerprint density at radius 2 is 1.95 bits per heavy atom. The summed E-state index contributed by atoms with van der Waals surface area (Å²) in [5.74, 6) is -0.628. The maximum Gasteiger partial charge on any atom is 0.314 e. The molecule has 1 aromatic carbocycles. The number of nitrogens with zero attached hydrogens (tertiary/aromatic N) is 1. The van der Waals surface area contributed by atoms with Crippen molar-refractivity contribution in [1.29, 1.82) is 0 Å². The molecule has 0 saturated heterocycles. The topological polar surface area (TPSA) is 84.2 Å². The molecule has 0 bridgehead atoms. The number of amides is 2. The van der Waals surface area contributed by atoms with Crippen molar-refractivity contribution < 1.29 is 14.1 Å². The van der Waals surface area contributed by atoms with Crippen molar-refractivity contribution in [2.24, 2.45) is 0 Å². The van der Waals surface area contributed by atoms with E-state index in [1.165, 1.54) is 5.56 Å². The molecule has 0 radical (unpaired) electrons. The zero-order valence-electron chi connectivity index (χ0n) is 11.8. The molecular formula is C15H17N3O3. The summed E-state index contributed by atoms with van der Waals surface area (Å²) >= 11 is 0. The predicted molar refractivity (Wildman–Crippen MR) is 77.6 cm³/mol. The van der Waals surface area contributed by atoms with E-state index in [1.807, 2.05) is 30.3 Å². The minimum absolute atomic E-state index is 0.233. The molecule has 0 atom stereocenters. The lowest BCUT2D eigenvalue weighted by atomic mass is 10.1. The van der Waals surface area contributed by atoms with E-state index in [0.717, 1.165) is 12.8 Å². The van der Waals surface area contributed by atoms with E-state index in [2.05, 4.69) is 15.8 Å². The van der Waals surface area contributed by atoms with Crippen LogP contribution in [-0.4, -0.2) is 23.5 Å². The summed E-state index contributed by atoms with van der Waals surface area (Å²) in [5, 5.41) is 8.52. The van der Waals surface area contributed by atoms with Gasteiger partial charge in [0.15, 0.2) is 5.82 Å². The zero-order chi connectivity index (χ0) is 15.1. The molecule has 0 aliphatic carbocycles. The summed E-state index contributed by atoms with van der Waals surface area (Å²) in [7, 11) is 0. The standard InChI is InChI=1S/C15H17N3O3/c1-11-10-13(18-21-11)17-15(20)14(19)16-9-5-8-12-6-3-2-4-7-12/h2-4,6-7,10H,5,8-9H2,1H3,(H,16,19)(H,17,18,20).